The minimum Gasteiger partial charge on any atom is -0.351 e. The number of aryl methyl sites for hydroxylation is 1. The molecule has 1 aliphatic rings. The average molecular weight is 224 g/mol. The van der Waals surface area contributed by atoms with E-state index in [4.69, 9.17) is 5.73 Å². The van der Waals surface area contributed by atoms with Crippen LogP contribution in [-0.2, 0) is 0 Å². The molecule has 1 aliphatic carbocycles. The lowest BCUT2D eigenvalue weighted by Gasteiger charge is -2.12. The molecule has 15 heavy (non-hydrogen) atoms. The molecular weight excluding hydrogens is 208 g/mol. The van der Waals surface area contributed by atoms with E-state index in [0.29, 0.717) is 6.54 Å². The van der Waals surface area contributed by atoms with Crippen molar-refractivity contribution in [1.82, 2.24) is 5.32 Å². The highest BCUT2D eigenvalue weighted by molar-refractivity contribution is 7.12. The zero-order valence-corrected chi connectivity index (χ0v) is 9.69. The molecule has 2 rings (SSSR count). The molecule has 0 atom stereocenters. The third-order valence-corrected chi connectivity index (χ3v) is 4.10. The Hall–Kier alpha value is -0.870. The van der Waals surface area contributed by atoms with Crippen LogP contribution in [0.25, 0.3) is 0 Å². The Kier molecular flexibility index (Phi) is 2.80. The van der Waals surface area contributed by atoms with Gasteiger partial charge >= 0.3 is 0 Å². The first-order valence-electron chi connectivity index (χ1n) is 5.19. The van der Waals surface area contributed by atoms with Gasteiger partial charge in [-0.25, -0.2) is 0 Å². The second-order valence-corrected chi connectivity index (χ2v) is 5.24. The van der Waals surface area contributed by atoms with Gasteiger partial charge in [-0.1, -0.05) is 0 Å². The van der Waals surface area contributed by atoms with Crippen molar-refractivity contribution >= 4 is 17.2 Å². The van der Waals surface area contributed by atoms with Crippen molar-refractivity contribution in [2.24, 2.45) is 11.1 Å². The third kappa shape index (κ3) is 2.21. The molecule has 0 unspecified atom stereocenters. The van der Waals surface area contributed by atoms with E-state index in [9.17, 15) is 4.79 Å². The minimum absolute atomic E-state index is 0.0437. The van der Waals surface area contributed by atoms with Crippen molar-refractivity contribution < 1.29 is 4.79 Å². The summed E-state index contributed by atoms with van der Waals surface area (Å²) >= 11 is 1.49. The van der Waals surface area contributed by atoms with Crippen LogP contribution in [0.4, 0.5) is 0 Å². The summed E-state index contributed by atoms with van der Waals surface area (Å²) in [5.74, 6) is 0.0437. The fraction of sp³-hybridized carbons (Fsp3) is 0.545. The van der Waals surface area contributed by atoms with E-state index in [1.165, 1.54) is 11.3 Å². The molecule has 1 amide bonds. The number of hydrogen-bond acceptors (Lipinski definition) is 3. The molecule has 0 radical (unpaired) electrons. The highest BCUT2D eigenvalue weighted by Gasteiger charge is 2.41. The molecule has 0 saturated heterocycles. The lowest BCUT2D eigenvalue weighted by atomic mass is 10.1. The first-order chi connectivity index (χ1) is 7.17. The number of nitrogens with two attached hydrogens (primary N) is 1. The van der Waals surface area contributed by atoms with Crippen molar-refractivity contribution in [3.63, 3.8) is 0 Å². The lowest BCUT2D eigenvalue weighted by molar-refractivity contribution is 0.0949. The number of hydrogen-bond donors (Lipinski definition) is 2. The van der Waals surface area contributed by atoms with Crippen LogP contribution in [0.5, 0.6) is 0 Å². The first-order valence-corrected chi connectivity index (χ1v) is 6.07. The van der Waals surface area contributed by atoms with Crippen LogP contribution in [0.15, 0.2) is 11.4 Å². The first kappa shape index (κ1) is 10.6. The molecule has 4 heteroatoms. The summed E-state index contributed by atoms with van der Waals surface area (Å²) in [6.07, 6.45) is 2.29. The molecule has 1 aromatic heterocycles. The Morgan fingerprint density at radius 2 is 2.40 bits per heavy atom. The van der Waals surface area contributed by atoms with Gasteiger partial charge in [0.1, 0.15) is 0 Å². The predicted octanol–water partition coefficient (Wildman–Crippen LogP) is 1.53. The van der Waals surface area contributed by atoms with E-state index in [0.717, 1.165) is 29.8 Å². The summed E-state index contributed by atoms with van der Waals surface area (Å²) in [7, 11) is 0. The number of amides is 1. The molecule has 1 fully saturated rings. The van der Waals surface area contributed by atoms with Crippen LogP contribution >= 0.6 is 11.3 Å². The van der Waals surface area contributed by atoms with E-state index < -0.39 is 0 Å². The SMILES string of the molecule is Cc1ccsc1C(=O)NCC1(CN)CC1. The van der Waals surface area contributed by atoms with Gasteiger partial charge in [0.25, 0.3) is 5.91 Å². The molecule has 1 saturated carbocycles. The maximum absolute atomic E-state index is 11.8. The molecular formula is C11H16N2OS. The van der Waals surface area contributed by atoms with Crippen LogP contribution in [0, 0.1) is 12.3 Å². The number of rotatable bonds is 4. The molecule has 0 aromatic carbocycles. The van der Waals surface area contributed by atoms with Crippen LogP contribution < -0.4 is 11.1 Å². The summed E-state index contributed by atoms with van der Waals surface area (Å²) in [6, 6.07) is 1.97. The van der Waals surface area contributed by atoms with E-state index in [1.54, 1.807) is 0 Å². The quantitative estimate of drug-likeness (QED) is 0.815. The molecule has 3 nitrogen and oxygen atoms in total. The van der Waals surface area contributed by atoms with E-state index >= 15 is 0 Å². The number of nitrogens with one attached hydrogen (secondary N) is 1. The highest BCUT2D eigenvalue weighted by atomic mass is 32.1. The van der Waals surface area contributed by atoms with Crippen molar-refractivity contribution in [1.29, 1.82) is 0 Å². The largest absolute Gasteiger partial charge is 0.351 e. The van der Waals surface area contributed by atoms with Crippen LogP contribution in [0.2, 0.25) is 0 Å². The average Bonchev–Trinajstić information content (AvgIpc) is 2.91. The monoisotopic (exact) mass is 224 g/mol. The third-order valence-electron chi connectivity index (χ3n) is 3.08. The number of carbonyl (C=O) groups excluding carboxylic acids is 1. The van der Waals surface area contributed by atoms with Gasteiger partial charge in [0.15, 0.2) is 0 Å². The normalized spacial score (nSPS) is 17.5. The summed E-state index contributed by atoms with van der Waals surface area (Å²) in [4.78, 5) is 12.6. The maximum Gasteiger partial charge on any atom is 0.261 e. The van der Waals surface area contributed by atoms with Gasteiger partial charge in [0.05, 0.1) is 4.88 Å². The van der Waals surface area contributed by atoms with Gasteiger partial charge in [-0.05, 0) is 43.3 Å². The summed E-state index contributed by atoms with van der Waals surface area (Å²) in [5, 5.41) is 4.92. The smallest absolute Gasteiger partial charge is 0.261 e. The van der Waals surface area contributed by atoms with Crippen molar-refractivity contribution in [3.05, 3.63) is 21.9 Å². The van der Waals surface area contributed by atoms with Gasteiger partial charge in [0.2, 0.25) is 0 Å². The standard InChI is InChI=1S/C11H16N2OS/c1-8-2-5-15-9(8)10(14)13-7-11(6-12)3-4-11/h2,5H,3-4,6-7,12H2,1H3,(H,13,14). The summed E-state index contributed by atoms with van der Waals surface area (Å²) < 4.78 is 0. The molecule has 0 bridgehead atoms. The molecule has 0 spiro atoms. The molecule has 1 aromatic rings. The number of thiophene rings is 1. The van der Waals surface area contributed by atoms with Crippen LogP contribution in [-0.4, -0.2) is 19.0 Å². The fourth-order valence-electron chi connectivity index (χ4n) is 1.58. The Labute approximate surface area is 93.7 Å². The van der Waals surface area contributed by atoms with E-state index in [1.807, 2.05) is 18.4 Å². The maximum atomic E-state index is 11.8. The van der Waals surface area contributed by atoms with Gasteiger partial charge in [-0.3, -0.25) is 4.79 Å². The highest BCUT2D eigenvalue weighted by Crippen LogP contribution is 2.43. The Morgan fingerprint density at radius 3 is 2.87 bits per heavy atom. The Balaban J connectivity index is 1.91. The van der Waals surface area contributed by atoms with Crippen molar-refractivity contribution in [3.8, 4) is 0 Å². The van der Waals surface area contributed by atoms with Gasteiger partial charge < -0.3 is 11.1 Å². The van der Waals surface area contributed by atoms with E-state index in [-0.39, 0.29) is 11.3 Å². The summed E-state index contributed by atoms with van der Waals surface area (Å²) in [6.45, 7) is 3.36. The topological polar surface area (TPSA) is 55.1 Å². The Morgan fingerprint density at radius 1 is 1.67 bits per heavy atom. The second kappa shape index (κ2) is 3.94. The Bertz CT molecular complexity index is 368. The predicted molar refractivity (Wildman–Crippen MR) is 62.1 cm³/mol. The van der Waals surface area contributed by atoms with Crippen LogP contribution in [0.3, 0.4) is 0 Å². The van der Waals surface area contributed by atoms with E-state index in [2.05, 4.69) is 5.32 Å². The molecule has 82 valence electrons. The summed E-state index contributed by atoms with van der Waals surface area (Å²) in [5.41, 5.74) is 6.92. The van der Waals surface area contributed by atoms with Gasteiger partial charge in [-0.2, -0.15) is 0 Å². The lowest BCUT2D eigenvalue weighted by Crippen LogP contribution is -2.33. The zero-order valence-electron chi connectivity index (χ0n) is 8.88. The minimum atomic E-state index is 0.0437. The van der Waals surface area contributed by atoms with Crippen LogP contribution in [0.1, 0.15) is 28.1 Å². The number of carbonyl (C=O) groups is 1. The second-order valence-electron chi connectivity index (χ2n) is 4.32. The molecule has 3 N–H and O–H groups in total. The van der Waals surface area contributed by atoms with Gasteiger partial charge in [-0.15, -0.1) is 11.3 Å². The molecule has 0 aliphatic heterocycles. The fourth-order valence-corrected chi connectivity index (χ4v) is 2.42. The molecule has 1 heterocycles. The zero-order chi connectivity index (χ0) is 10.9. The van der Waals surface area contributed by atoms with Crippen molar-refractivity contribution in [2.75, 3.05) is 13.1 Å². The van der Waals surface area contributed by atoms with Crippen molar-refractivity contribution in [2.45, 2.75) is 19.8 Å². The van der Waals surface area contributed by atoms with Gasteiger partial charge in [0, 0.05) is 12.0 Å².